The molecule has 0 fully saturated rings. The lowest BCUT2D eigenvalue weighted by Crippen LogP contribution is -2.11. The number of nitrogens with one attached hydrogen (secondary N) is 2. The monoisotopic (exact) mass is 269 g/mol. The molecule has 0 aliphatic heterocycles. The van der Waals surface area contributed by atoms with E-state index in [1.54, 1.807) is 12.4 Å². The standard InChI is InChI=1S/C13H14F3N3/c1-2-11(12-17-7-8-18-12)19-10-5-3-9(4-6-10)13(14,15)16/h3-8,11,19H,2H2,1H3,(H,17,18). The first-order valence-corrected chi connectivity index (χ1v) is 5.93. The second-order valence-corrected chi connectivity index (χ2v) is 4.15. The van der Waals surface area contributed by atoms with E-state index in [9.17, 15) is 13.2 Å². The Bertz CT molecular complexity index is 503. The molecule has 2 N–H and O–H groups in total. The third kappa shape index (κ3) is 3.27. The van der Waals surface area contributed by atoms with Crippen LogP contribution >= 0.6 is 0 Å². The second kappa shape index (κ2) is 5.34. The maximum atomic E-state index is 12.4. The van der Waals surface area contributed by atoms with Crippen molar-refractivity contribution in [2.24, 2.45) is 0 Å². The van der Waals surface area contributed by atoms with Crippen molar-refractivity contribution >= 4 is 5.69 Å². The van der Waals surface area contributed by atoms with Gasteiger partial charge in [0, 0.05) is 18.1 Å². The Kier molecular flexibility index (Phi) is 3.78. The van der Waals surface area contributed by atoms with Crippen molar-refractivity contribution in [1.29, 1.82) is 0 Å². The SMILES string of the molecule is CCC(Nc1ccc(C(F)(F)F)cc1)c1ncc[nH]1. The van der Waals surface area contributed by atoms with E-state index in [1.165, 1.54) is 12.1 Å². The van der Waals surface area contributed by atoms with Crippen LogP contribution in [-0.4, -0.2) is 9.97 Å². The number of benzene rings is 1. The number of nitrogens with zero attached hydrogens (tertiary/aromatic N) is 1. The minimum absolute atomic E-state index is 0.0493. The second-order valence-electron chi connectivity index (χ2n) is 4.15. The summed E-state index contributed by atoms with van der Waals surface area (Å²) in [6.07, 6.45) is -0.170. The van der Waals surface area contributed by atoms with Crippen molar-refractivity contribution in [2.75, 3.05) is 5.32 Å². The number of anilines is 1. The van der Waals surface area contributed by atoms with Crippen LogP contribution in [0, 0.1) is 0 Å². The van der Waals surface area contributed by atoms with Gasteiger partial charge in [-0.1, -0.05) is 6.92 Å². The summed E-state index contributed by atoms with van der Waals surface area (Å²) in [5, 5.41) is 3.15. The van der Waals surface area contributed by atoms with Crippen LogP contribution in [0.4, 0.5) is 18.9 Å². The summed E-state index contributed by atoms with van der Waals surface area (Å²) >= 11 is 0. The van der Waals surface area contributed by atoms with Gasteiger partial charge in [0.1, 0.15) is 5.82 Å². The number of hydrogen-bond acceptors (Lipinski definition) is 2. The molecule has 19 heavy (non-hydrogen) atoms. The lowest BCUT2D eigenvalue weighted by atomic mass is 10.1. The molecule has 0 saturated carbocycles. The Morgan fingerprint density at radius 1 is 1.26 bits per heavy atom. The van der Waals surface area contributed by atoms with Gasteiger partial charge in [-0.15, -0.1) is 0 Å². The lowest BCUT2D eigenvalue weighted by molar-refractivity contribution is -0.137. The molecule has 1 heterocycles. The van der Waals surface area contributed by atoms with Crippen molar-refractivity contribution < 1.29 is 13.2 Å². The molecule has 1 atom stereocenters. The van der Waals surface area contributed by atoms with E-state index in [0.29, 0.717) is 5.69 Å². The molecule has 0 amide bonds. The number of alkyl halides is 3. The molecule has 102 valence electrons. The Labute approximate surface area is 108 Å². The molecule has 2 rings (SSSR count). The number of hydrogen-bond donors (Lipinski definition) is 2. The molecule has 0 aliphatic carbocycles. The van der Waals surface area contributed by atoms with Crippen LogP contribution in [0.15, 0.2) is 36.7 Å². The van der Waals surface area contributed by atoms with Crippen molar-refractivity contribution in [3.63, 3.8) is 0 Å². The van der Waals surface area contributed by atoms with Crippen LogP contribution in [0.2, 0.25) is 0 Å². The number of halogens is 3. The normalized spacial score (nSPS) is 13.3. The van der Waals surface area contributed by atoms with Crippen molar-refractivity contribution in [2.45, 2.75) is 25.6 Å². The molecule has 3 nitrogen and oxygen atoms in total. The van der Waals surface area contributed by atoms with Crippen molar-refractivity contribution in [3.8, 4) is 0 Å². The van der Waals surface area contributed by atoms with Crippen molar-refractivity contribution in [1.82, 2.24) is 9.97 Å². The molecular weight excluding hydrogens is 255 g/mol. The maximum absolute atomic E-state index is 12.4. The molecule has 1 aromatic heterocycles. The van der Waals surface area contributed by atoms with E-state index in [0.717, 1.165) is 24.4 Å². The largest absolute Gasteiger partial charge is 0.416 e. The van der Waals surface area contributed by atoms with Crippen LogP contribution in [0.3, 0.4) is 0 Å². The molecule has 0 bridgehead atoms. The molecule has 0 spiro atoms. The predicted octanol–water partition coefficient (Wildman–Crippen LogP) is 3.99. The van der Waals surface area contributed by atoms with Crippen LogP contribution in [0.1, 0.15) is 30.8 Å². The molecule has 0 radical (unpaired) electrons. The topological polar surface area (TPSA) is 40.7 Å². The molecule has 1 unspecified atom stereocenters. The van der Waals surface area contributed by atoms with E-state index >= 15 is 0 Å². The van der Waals surface area contributed by atoms with Gasteiger partial charge in [-0.2, -0.15) is 13.2 Å². The summed E-state index contributed by atoms with van der Waals surface area (Å²) < 4.78 is 37.3. The predicted molar refractivity (Wildman–Crippen MR) is 66.7 cm³/mol. The lowest BCUT2D eigenvalue weighted by Gasteiger charge is -2.16. The summed E-state index contributed by atoms with van der Waals surface area (Å²) in [6, 6.07) is 4.93. The molecular formula is C13H14F3N3. The average molecular weight is 269 g/mol. The zero-order chi connectivity index (χ0) is 13.9. The van der Waals surface area contributed by atoms with E-state index in [-0.39, 0.29) is 6.04 Å². The van der Waals surface area contributed by atoms with Crippen molar-refractivity contribution in [3.05, 3.63) is 48.0 Å². The van der Waals surface area contributed by atoms with E-state index in [4.69, 9.17) is 0 Å². The number of aromatic nitrogens is 2. The Morgan fingerprint density at radius 2 is 1.95 bits per heavy atom. The first-order valence-electron chi connectivity index (χ1n) is 5.93. The molecule has 2 aromatic rings. The Hall–Kier alpha value is -1.98. The maximum Gasteiger partial charge on any atom is 0.416 e. The van der Waals surface area contributed by atoms with Crippen LogP contribution in [0.25, 0.3) is 0 Å². The molecule has 1 aromatic carbocycles. The van der Waals surface area contributed by atoms with E-state index < -0.39 is 11.7 Å². The molecule has 0 saturated heterocycles. The minimum Gasteiger partial charge on any atom is -0.375 e. The summed E-state index contributed by atoms with van der Waals surface area (Å²) in [5.74, 6) is 0.766. The highest BCUT2D eigenvalue weighted by molar-refractivity contribution is 5.46. The van der Waals surface area contributed by atoms with Gasteiger partial charge in [0.05, 0.1) is 11.6 Å². The van der Waals surface area contributed by atoms with Gasteiger partial charge in [-0.25, -0.2) is 4.98 Å². The smallest absolute Gasteiger partial charge is 0.375 e. The number of imidazole rings is 1. The van der Waals surface area contributed by atoms with Gasteiger partial charge in [-0.05, 0) is 30.7 Å². The summed E-state index contributed by atoms with van der Waals surface area (Å²) in [5.41, 5.74) is -0.0136. The third-order valence-corrected chi connectivity index (χ3v) is 2.81. The van der Waals surface area contributed by atoms with Crippen LogP contribution in [-0.2, 0) is 6.18 Å². The Morgan fingerprint density at radius 3 is 2.42 bits per heavy atom. The fraction of sp³-hybridized carbons (Fsp3) is 0.308. The highest BCUT2D eigenvalue weighted by Crippen LogP contribution is 2.30. The zero-order valence-electron chi connectivity index (χ0n) is 10.3. The molecule has 0 aliphatic rings. The first-order chi connectivity index (χ1) is 9.00. The number of aromatic amines is 1. The number of H-pyrrole nitrogens is 1. The fourth-order valence-corrected chi connectivity index (χ4v) is 1.79. The summed E-state index contributed by atoms with van der Waals surface area (Å²) in [7, 11) is 0. The average Bonchev–Trinajstić information content (AvgIpc) is 2.89. The van der Waals surface area contributed by atoms with Gasteiger partial charge < -0.3 is 10.3 Å². The number of rotatable bonds is 4. The van der Waals surface area contributed by atoms with Gasteiger partial charge in [-0.3, -0.25) is 0 Å². The summed E-state index contributed by atoms with van der Waals surface area (Å²) in [4.78, 5) is 7.13. The third-order valence-electron chi connectivity index (χ3n) is 2.81. The highest BCUT2D eigenvalue weighted by atomic mass is 19.4. The van der Waals surface area contributed by atoms with E-state index in [1.807, 2.05) is 6.92 Å². The van der Waals surface area contributed by atoms with Crippen LogP contribution < -0.4 is 5.32 Å². The zero-order valence-corrected chi connectivity index (χ0v) is 10.3. The first kappa shape index (κ1) is 13.5. The Balaban J connectivity index is 2.11. The van der Waals surface area contributed by atoms with Gasteiger partial charge in [0.25, 0.3) is 0 Å². The van der Waals surface area contributed by atoms with Gasteiger partial charge in [0.15, 0.2) is 0 Å². The van der Waals surface area contributed by atoms with Crippen LogP contribution in [0.5, 0.6) is 0 Å². The quantitative estimate of drug-likeness (QED) is 0.881. The summed E-state index contributed by atoms with van der Waals surface area (Å²) in [6.45, 7) is 1.98. The minimum atomic E-state index is -4.30. The fourth-order valence-electron chi connectivity index (χ4n) is 1.79. The van der Waals surface area contributed by atoms with E-state index in [2.05, 4.69) is 15.3 Å². The highest BCUT2D eigenvalue weighted by Gasteiger charge is 2.30. The van der Waals surface area contributed by atoms with Gasteiger partial charge >= 0.3 is 6.18 Å². The molecule has 6 heteroatoms. The van der Waals surface area contributed by atoms with Gasteiger partial charge in [0.2, 0.25) is 0 Å².